The van der Waals surface area contributed by atoms with E-state index in [0.717, 1.165) is 0 Å². The highest BCUT2D eigenvalue weighted by Crippen LogP contribution is 2.05. The lowest BCUT2D eigenvalue weighted by Gasteiger charge is -2.22. The molecule has 0 aromatic heterocycles. The van der Waals surface area contributed by atoms with Crippen LogP contribution in [0.25, 0.3) is 0 Å². The van der Waals surface area contributed by atoms with Gasteiger partial charge >= 0.3 is 5.97 Å². The Balaban J connectivity index is 4.79. The Morgan fingerprint density at radius 2 is 1.88 bits per heavy atom. The zero-order chi connectivity index (χ0) is 19.2. The normalized spacial score (nSPS) is 12.6. The monoisotopic (exact) mass is 375 g/mol. The molecule has 0 spiro atoms. The van der Waals surface area contributed by atoms with E-state index >= 15 is 0 Å². The minimum atomic E-state index is -0.813. The molecule has 2 atom stereocenters. The van der Waals surface area contributed by atoms with Crippen LogP contribution in [-0.4, -0.2) is 61.0 Å². The van der Waals surface area contributed by atoms with Crippen LogP contribution in [0, 0.1) is 5.41 Å². The molecule has 0 saturated carbocycles. The summed E-state index contributed by atoms with van der Waals surface area (Å²) in [5.74, 6) is -0.698. The van der Waals surface area contributed by atoms with Crippen molar-refractivity contribution in [3.63, 3.8) is 0 Å². The van der Waals surface area contributed by atoms with E-state index in [2.05, 4.69) is 16.0 Å². The van der Waals surface area contributed by atoms with E-state index < -0.39 is 24.0 Å². The zero-order valence-corrected chi connectivity index (χ0v) is 15.8. The van der Waals surface area contributed by atoms with Crippen molar-refractivity contribution in [3.8, 4) is 0 Å². The predicted molar refractivity (Wildman–Crippen MR) is 98.3 cm³/mol. The van der Waals surface area contributed by atoms with Gasteiger partial charge in [-0.2, -0.15) is 11.8 Å². The molecule has 9 nitrogen and oxygen atoms in total. The van der Waals surface area contributed by atoms with E-state index in [9.17, 15) is 14.4 Å². The SMILES string of the molecule is CCOC(=O)[C@H](CCCNC(=N)N)NC(=O)[C@H](CCSC)NC(C)=O. The quantitative estimate of drug-likeness (QED) is 0.134. The number of esters is 1. The molecule has 144 valence electrons. The van der Waals surface area contributed by atoms with E-state index in [0.29, 0.717) is 31.6 Å². The first-order valence-electron chi connectivity index (χ1n) is 8.12. The van der Waals surface area contributed by atoms with Gasteiger partial charge < -0.3 is 26.4 Å². The van der Waals surface area contributed by atoms with Crippen LogP contribution < -0.4 is 21.7 Å². The zero-order valence-electron chi connectivity index (χ0n) is 15.0. The number of carbonyl (C=O) groups is 3. The van der Waals surface area contributed by atoms with E-state index in [4.69, 9.17) is 15.9 Å². The van der Waals surface area contributed by atoms with Gasteiger partial charge in [0.25, 0.3) is 0 Å². The molecule has 25 heavy (non-hydrogen) atoms. The molecule has 6 N–H and O–H groups in total. The summed E-state index contributed by atoms with van der Waals surface area (Å²) in [6.45, 7) is 3.64. The number of thioether (sulfide) groups is 1. The van der Waals surface area contributed by atoms with Gasteiger partial charge in [0, 0.05) is 13.5 Å². The number of ether oxygens (including phenoxy) is 1. The second-order valence-electron chi connectivity index (χ2n) is 5.33. The van der Waals surface area contributed by atoms with E-state index in [-0.39, 0.29) is 18.5 Å². The molecular weight excluding hydrogens is 346 g/mol. The number of hydrogen-bond acceptors (Lipinski definition) is 6. The Hall–Kier alpha value is -1.97. The fraction of sp³-hybridized carbons (Fsp3) is 0.733. The third kappa shape index (κ3) is 11.2. The van der Waals surface area contributed by atoms with Gasteiger partial charge in [-0.15, -0.1) is 0 Å². The lowest BCUT2D eigenvalue weighted by molar-refractivity contribution is -0.147. The molecule has 0 bridgehead atoms. The maximum Gasteiger partial charge on any atom is 0.328 e. The maximum absolute atomic E-state index is 12.4. The largest absolute Gasteiger partial charge is 0.464 e. The summed E-state index contributed by atoms with van der Waals surface area (Å²) in [5, 5.41) is 15.0. The van der Waals surface area contributed by atoms with Crippen LogP contribution in [0.2, 0.25) is 0 Å². The van der Waals surface area contributed by atoms with E-state index in [1.807, 2.05) is 6.26 Å². The fourth-order valence-corrected chi connectivity index (χ4v) is 2.51. The Kier molecular flexibility index (Phi) is 12.3. The molecule has 0 heterocycles. The van der Waals surface area contributed by atoms with Crippen LogP contribution in [0.15, 0.2) is 0 Å². The Labute approximate surface area is 152 Å². The molecule has 0 fully saturated rings. The van der Waals surface area contributed by atoms with Crippen molar-refractivity contribution < 1.29 is 19.1 Å². The molecule has 2 amide bonds. The number of nitrogens with one attached hydrogen (secondary N) is 4. The van der Waals surface area contributed by atoms with Crippen LogP contribution in [-0.2, 0) is 19.1 Å². The van der Waals surface area contributed by atoms with Crippen molar-refractivity contribution in [2.75, 3.05) is 25.2 Å². The van der Waals surface area contributed by atoms with Crippen LogP contribution in [0.5, 0.6) is 0 Å². The van der Waals surface area contributed by atoms with Gasteiger partial charge in [-0.3, -0.25) is 15.0 Å². The molecular formula is C15H29N5O4S. The van der Waals surface area contributed by atoms with Gasteiger partial charge in [-0.25, -0.2) is 4.79 Å². The first-order chi connectivity index (χ1) is 11.8. The second kappa shape index (κ2) is 13.3. The van der Waals surface area contributed by atoms with Gasteiger partial charge in [0.15, 0.2) is 5.96 Å². The summed E-state index contributed by atoms with van der Waals surface area (Å²) in [6, 6.07) is -1.51. The predicted octanol–water partition coefficient (Wildman–Crippen LogP) is -0.445. The summed E-state index contributed by atoms with van der Waals surface area (Å²) in [7, 11) is 0. The van der Waals surface area contributed by atoms with E-state index in [1.54, 1.807) is 18.7 Å². The van der Waals surface area contributed by atoms with Gasteiger partial charge in [-0.1, -0.05) is 0 Å². The van der Waals surface area contributed by atoms with Crippen molar-refractivity contribution in [2.24, 2.45) is 5.73 Å². The summed E-state index contributed by atoms with van der Waals surface area (Å²) in [4.78, 5) is 35.8. The molecule has 0 radical (unpaired) electrons. The van der Waals surface area contributed by atoms with Crippen LogP contribution in [0.3, 0.4) is 0 Å². The summed E-state index contributed by atoms with van der Waals surface area (Å²) in [5.41, 5.74) is 5.20. The highest BCUT2D eigenvalue weighted by atomic mass is 32.2. The minimum absolute atomic E-state index is 0.153. The summed E-state index contributed by atoms with van der Waals surface area (Å²) in [6.07, 6.45) is 3.22. The number of nitrogens with two attached hydrogens (primary N) is 1. The Morgan fingerprint density at radius 3 is 2.40 bits per heavy atom. The molecule has 0 aliphatic heterocycles. The minimum Gasteiger partial charge on any atom is -0.464 e. The molecule has 0 aromatic carbocycles. The average Bonchev–Trinajstić information content (AvgIpc) is 2.53. The highest BCUT2D eigenvalue weighted by molar-refractivity contribution is 7.98. The van der Waals surface area contributed by atoms with Crippen molar-refractivity contribution in [2.45, 2.75) is 45.2 Å². The topological polar surface area (TPSA) is 146 Å². The van der Waals surface area contributed by atoms with Crippen molar-refractivity contribution >= 4 is 35.5 Å². The van der Waals surface area contributed by atoms with Crippen molar-refractivity contribution in [3.05, 3.63) is 0 Å². The maximum atomic E-state index is 12.4. The molecule has 0 aliphatic carbocycles. The standard InChI is InChI=1S/C15H29N5O4S/c1-4-24-14(23)12(6-5-8-18-15(16)17)20-13(22)11(7-9-25-3)19-10(2)21/h11-12H,4-9H2,1-3H3,(H,19,21)(H,20,22)(H4,16,17,18)/t11-,12-/m0/s1. The molecule has 10 heteroatoms. The average molecular weight is 375 g/mol. The first kappa shape index (κ1) is 23.0. The summed E-state index contributed by atoms with van der Waals surface area (Å²) >= 11 is 1.56. The lowest BCUT2D eigenvalue weighted by Crippen LogP contribution is -2.52. The van der Waals surface area contributed by atoms with Crippen LogP contribution in [0.1, 0.15) is 33.1 Å². The smallest absolute Gasteiger partial charge is 0.328 e. The number of carbonyl (C=O) groups excluding carboxylic acids is 3. The van der Waals surface area contributed by atoms with Crippen molar-refractivity contribution in [1.82, 2.24) is 16.0 Å². The van der Waals surface area contributed by atoms with Gasteiger partial charge in [0.1, 0.15) is 12.1 Å². The summed E-state index contributed by atoms with van der Waals surface area (Å²) < 4.78 is 4.99. The Morgan fingerprint density at radius 1 is 1.20 bits per heavy atom. The molecule has 0 aromatic rings. The van der Waals surface area contributed by atoms with Gasteiger partial charge in [0.05, 0.1) is 6.61 Å². The van der Waals surface area contributed by atoms with Gasteiger partial charge in [0.2, 0.25) is 11.8 Å². The molecule has 0 rings (SSSR count). The second-order valence-corrected chi connectivity index (χ2v) is 6.32. The number of amides is 2. The fourth-order valence-electron chi connectivity index (χ4n) is 2.04. The van der Waals surface area contributed by atoms with Crippen molar-refractivity contribution in [1.29, 1.82) is 5.41 Å². The van der Waals surface area contributed by atoms with Crippen LogP contribution >= 0.6 is 11.8 Å². The number of hydrogen-bond donors (Lipinski definition) is 5. The third-order valence-electron chi connectivity index (χ3n) is 3.18. The highest BCUT2D eigenvalue weighted by Gasteiger charge is 2.26. The van der Waals surface area contributed by atoms with E-state index in [1.165, 1.54) is 6.92 Å². The molecule has 0 saturated heterocycles. The number of rotatable bonds is 12. The Bertz CT molecular complexity index is 461. The van der Waals surface area contributed by atoms with Gasteiger partial charge in [-0.05, 0) is 38.2 Å². The number of guanidine groups is 1. The van der Waals surface area contributed by atoms with Crippen LogP contribution in [0.4, 0.5) is 0 Å². The molecule has 0 unspecified atom stereocenters. The third-order valence-corrected chi connectivity index (χ3v) is 3.82. The first-order valence-corrected chi connectivity index (χ1v) is 9.52. The lowest BCUT2D eigenvalue weighted by atomic mass is 10.1. The molecule has 0 aliphatic rings.